The fourth-order valence-electron chi connectivity index (χ4n) is 3.35. The first-order valence-electron chi connectivity index (χ1n) is 8.88. The molecule has 0 aliphatic carbocycles. The van der Waals surface area contributed by atoms with Crippen LogP contribution in [0.5, 0.6) is 0 Å². The van der Waals surface area contributed by atoms with Crippen LogP contribution in [0.1, 0.15) is 27.0 Å². The van der Waals surface area contributed by atoms with E-state index in [1.807, 2.05) is 55.4 Å². The van der Waals surface area contributed by atoms with Crippen molar-refractivity contribution >= 4 is 28.8 Å². The van der Waals surface area contributed by atoms with Crippen molar-refractivity contribution in [2.75, 3.05) is 32.5 Å². The van der Waals surface area contributed by atoms with Crippen LogP contribution in [0, 0.1) is 0 Å². The van der Waals surface area contributed by atoms with Gasteiger partial charge in [0.1, 0.15) is 12.4 Å². The SMILES string of the molecule is CN(C)CCNC(=O)c1ccc2c(c1)COC2=C1C(=O)Nc2ccccc21. The lowest BCUT2D eigenvalue weighted by molar-refractivity contribution is -0.110. The van der Waals surface area contributed by atoms with Gasteiger partial charge in [0.25, 0.3) is 11.8 Å². The minimum absolute atomic E-state index is 0.107. The number of amides is 2. The summed E-state index contributed by atoms with van der Waals surface area (Å²) in [5.41, 5.74) is 4.55. The molecule has 0 saturated heterocycles. The summed E-state index contributed by atoms with van der Waals surface area (Å²) in [6.07, 6.45) is 0. The predicted octanol–water partition coefficient (Wildman–Crippen LogP) is 2.33. The summed E-state index contributed by atoms with van der Waals surface area (Å²) >= 11 is 0. The molecule has 4 rings (SSSR count). The molecule has 0 saturated carbocycles. The zero-order chi connectivity index (χ0) is 19.0. The van der Waals surface area contributed by atoms with Gasteiger partial charge in [-0.15, -0.1) is 0 Å². The van der Waals surface area contributed by atoms with Crippen molar-refractivity contribution in [2.24, 2.45) is 0 Å². The van der Waals surface area contributed by atoms with Crippen molar-refractivity contribution in [1.82, 2.24) is 10.2 Å². The largest absolute Gasteiger partial charge is 0.487 e. The molecule has 2 N–H and O–H groups in total. The summed E-state index contributed by atoms with van der Waals surface area (Å²) in [4.78, 5) is 26.8. The first-order valence-corrected chi connectivity index (χ1v) is 8.88. The molecule has 0 spiro atoms. The van der Waals surface area contributed by atoms with E-state index in [1.165, 1.54) is 0 Å². The van der Waals surface area contributed by atoms with E-state index in [-0.39, 0.29) is 11.8 Å². The Hall–Kier alpha value is -3.12. The van der Waals surface area contributed by atoms with Crippen LogP contribution in [0.2, 0.25) is 0 Å². The van der Waals surface area contributed by atoms with E-state index in [4.69, 9.17) is 4.74 Å². The smallest absolute Gasteiger partial charge is 0.260 e. The fraction of sp³-hybridized carbons (Fsp3) is 0.238. The number of fused-ring (bicyclic) bond motifs is 2. The van der Waals surface area contributed by atoms with Gasteiger partial charge in [-0.25, -0.2) is 0 Å². The number of ether oxygens (including phenoxy) is 1. The van der Waals surface area contributed by atoms with Crippen LogP contribution in [0.4, 0.5) is 5.69 Å². The third-order valence-electron chi connectivity index (χ3n) is 4.73. The molecule has 0 bridgehead atoms. The molecular weight excluding hydrogens is 342 g/mol. The van der Waals surface area contributed by atoms with Crippen molar-refractivity contribution in [2.45, 2.75) is 6.61 Å². The second-order valence-corrected chi connectivity index (χ2v) is 6.92. The normalized spacial score (nSPS) is 17.4. The topological polar surface area (TPSA) is 70.7 Å². The van der Waals surface area contributed by atoms with Gasteiger partial charge in [-0.2, -0.15) is 0 Å². The number of para-hydroxylation sites is 1. The molecule has 0 radical (unpaired) electrons. The molecule has 2 amide bonds. The van der Waals surface area contributed by atoms with Gasteiger partial charge in [-0.1, -0.05) is 24.3 Å². The second kappa shape index (κ2) is 6.89. The number of likely N-dealkylation sites (N-methyl/N-ethyl adjacent to an activating group) is 1. The minimum atomic E-state index is -0.162. The highest BCUT2D eigenvalue weighted by atomic mass is 16.5. The Morgan fingerprint density at radius 2 is 2.00 bits per heavy atom. The lowest BCUT2D eigenvalue weighted by Crippen LogP contribution is -2.31. The van der Waals surface area contributed by atoms with Gasteiger partial charge in [0.2, 0.25) is 0 Å². The van der Waals surface area contributed by atoms with Crippen LogP contribution >= 0.6 is 0 Å². The van der Waals surface area contributed by atoms with Gasteiger partial charge in [-0.05, 0) is 32.3 Å². The summed E-state index contributed by atoms with van der Waals surface area (Å²) in [6, 6.07) is 13.0. The molecule has 0 atom stereocenters. The van der Waals surface area contributed by atoms with Crippen molar-refractivity contribution < 1.29 is 14.3 Å². The number of anilines is 1. The number of carbonyl (C=O) groups is 2. The van der Waals surface area contributed by atoms with Crippen LogP contribution < -0.4 is 10.6 Å². The van der Waals surface area contributed by atoms with Crippen LogP contribution in [0.15, 0.2) is 42.5 Å². The van der Waals surface area contributed by atoms with Crippen LogP contribution in [0.25, 0.3) is 11.3 Å². The molecule has 2 aliphatic rings. The molecular formula is C21H21N3O3. The number of hydrogen-bond donors (Lipinski definition) is 2. The molecule has 0 fully saturated rings. The third-order valence-corrected chi connectivity index (χ3v) is 4.73. The summed E-state index contributed by atoms with van der Waals surface area (Å²) in [6.45, 7) is 1.72. The van der Waals surface area contributed by atoms with Crippen molar-refractivity contribution in [1.29, 1.82) is 0 Å². The molecule has 2 aromatic carbocycles. The molecule has 2 heterocycles. The Morgan fingerprint density at radius 3 is 2.81 bits per heavy atom. The van der Waals surface area contributed by atoms with E-state index in [9.17, 15) is 9.59 Å². The summed E-state index contributed by atoms with van der Waals surface area (Å²) < 4.78 is 5.86. The minimum Gasteiger partial charge on any atom is -0.487 e. The van der Waals surface area contributed by atoms with Crippen LogP contribution in [-0.2, 0) is 16.1 Å². The highest BCUT2D eigenvalue weighted by Crippen LogP contribution is 2.41. The summed E-state index contributed by atoms with van der Waals surface area (Å²) in [7, 11) is 3.93. The fourth-order valence-corrected chi connectivity index (χ4v) is 3.35. The molecule has 138 valence electrons. The second-order valence-electron chi connectivity index (χ2n) is 6.92. The van der Waals surface area contributed by atoms with Gasteiger partial charge >= 0.3 is 0 Å². The quantitative estimate of drug-likeness (QED) is 0.818. The zero-order valence-electron chi connectivity index (χ0n) is 15.3. The maximum Gasteiger partial charge on any atom is 0.260 e. The van der Waals surface area contributed by atoms with E-state index in [1.54, 1.807) is 6.07 Å². The Labute approximate surface area is 157 Å². The predicted molar refractivity (Wildman–Crippen MR) is 104 cm³/mol. The molecule has 6 heteroatoms. The van der Waals surface area contributed by atoms with Crippen molar-refractivity contribution in [3.63, 3.8) is 0 Å². The van der Waals surface area contributed by atoms with Crippen LogP contribution in [0.3, 0.4) is 0 Å². The maximum atomic E-state index is 12.5. The van der Waals surface area contributed by atoms with Crippen LogP contribution in [-0.4, -0.2) is 43.9 Å². The maximum absolute atomic E-state index is 12.5. The number of benzene rings is 2. The Balaban J connectivity index is 1.63. The number of carbonyl (C=O) groups excluding carboxylic acids is 2. The van der Waals surface area contributed by atoms with Crippen molar-refractivity contribution in [3.05, 3.63) is 64.7 Å². The molecule has 2 aromatic rings. The molecule has 0 unspecified atom stereocenters. The first-order chi connectivity index (χ1) is 13.0. The zero-order valence-corrected chi connectivity index (χ0v) is 15.3. The van der Waals surface area contributed by atoms with E-state index in [0.29, 0.717) is 30.0 Å². The van der Waals surface area contributed by atoms with E-state index >= 15 is 0 Å². The number of nitrogens with one attached hydrogen (secondary N) is 2. The average molecular weight is 363 g/mol. The molecule has 0 aromatic heterocycles. The number of rotatable bonds is 4. The molecule has 27 heavy (non-hydrogen) atoms. The molecule has 2 aliphatic heterocycles. The van der Waals surface area contributed by atoms with Gasteiger partial charge in [0, 0.05) is 41.0 Å². The van der Waals surface area contributed by atoms with Gasteiger partial charge in [0.05, 0.1) is 5.57 Å². The van der Waals surface area contributed by atoms with Gasteiger partial charge in [-0.3, -0.25) is 9.59 Å². The lowest BCUT2D eigenvalue weighted by Gasteiger charge is -2.10. The van der Waals surface area contributed by atoms with Gasteiger partial charge < -0.3 is 20.3 Å². The Bertz CT molecular complexity index is 963. The van der Waals surface area contributed by atoms with E-state index in [2.05, 4.69) is 10.6 Å². The highest BCUT2D eigenvalue weighted by Gasteiger charge is 2.32. The third kappa shape index (κ3) is 3.19. The summed E-state index contributed by atoms with van der Waals surface area (Å²) in [5.74, 6) is 0.307. The van der Waals surface area contributed by atoms with E-state index in [0.717, 1.165) is 28.9 Å². The highest BCUT2D eigenvalue weighted by molar-refractivity contribution is 6.36. The summed E-state index contributed by atoms with van der Waals surface area (Å²) in [5, 5.41) is 5.78. The Kier molecular flexibility index (Phi) is 4.41. The standard InChI is InChI=1S/C21H21N3O3/c1-24(2)10-9-22-20(25)13-7-8-15-14(11-13)12-27-19(15)18-16-5-3-4-6-17(16)23-21(18)26/h3-8,11H,9-10,12H2,1-2H3,(H,22,25)(H,23,26). The lowest BCUT2D eigenvalue weighted by atomic mass is 9.99. The molecule has 6 nitrogen and oxygen atoms in total. The number of nitrogens with zero attached hydrogens (tertiary/aromatic N) is 1. The van der Waals surface area contributed by atoms with Gasteiger partial charge in [0.15, 0.2) is 0 Å². The van der Waals surface area contributed by atoms with Crippen molar-refractivity contribution in [3.8, 4) is 0 Å². The monoisotopic (exact) mass is 363 g/mol. The number of hydrogen-bond acceptors (Lipinski definition) is 4. The first kappa shape index (κ1) is 17.3. The average Bonchev–Trinajstić information content (AvgIpc) is 3.20. The Morgan fingerprint density at radius 1 is 1.19 bits per heavy atom. The van der Waals surface area contributed by atoms with E-state index < -0.39 is 0 Å².